The molecule has 102 valence electrons. The highest BCUT2D eigenvalue weighted by molar-refractivity contribution is 5.99. The summed E-state index contributed by atoms with van der Waals surface area (Å²) in [6.45, 7) is 0.0104. The van der Waals surface area contributed by atoms with Crippen molar-refractivity contribution in [3.63, 3.8) is 0 Å². The Balaban J connectivity index is 2.02. The lowest BCUT2D eigenvalue weighted by atomic mass is 9.99. The molecule has 4 nitrogen and oxygen atoms in total. The molecule has 0 bridgehead atoms. The van der Waals surface area contributed by atoms with Crippen LogP contribution in [0.25, 0.3) is 22.0 Å². The summed E-state index contributed by atoms with van der Waals surface area (Å²) >= 11 is 0. The highest BCUT2D eigenvalue weighted by Crippen LogP contribution is 2.28. The molecule has 21 heavy (non-hydrogen) atoms. The van der Waals surface area contributed by atoms with Gasteiger partial charge < -0.3 is 10.3 Å². The van der Waals surface area contributed by atoms with E-state index in [0.29, 0.717) is 5.56 Å². The maximum Gasteiger partial charge on any atom is 0.252 e. The molecule has 0 aliphatic rings. The van der Waals surface area contributed by atoms with Crippen LogP contribution in [0.3, 0.4) is 0 Å². The Bertz CT molecular complexity index is 842. The van der Waals surface area contributed by atoms with Gasteiger partial charge in [0.15, 0.2) is 0 Å². The Kier molecular flexibility index (Phi) is 3.40. The summed E-state index contributed by atoms with van der Waals surface area (Å²) < 4.78 is 0. The lowest BCUT2D eigenvalue weighted by Crippen LogP contribution is -2.23. The van der Waals surface area contributed by atoms with E-state index in [0.717, 1.165) is 22.0 Å². The fourth-order valence-corrected chi connectivity index (χ4v) is 2.39. The third kappa shape index (κ3) is 2.49. The Labute approximate surface area is 122 Å². The smallest absolute Gasteiger partial charge is 0.252 e. The van der Waals surface area contributed by atoms with Gasteiger partial charge in [-0.3, -0.25) is 4.79 Å². The Morgan fingerprint density at radius 3 is 2.90 bits per heavy atom. The van der Waals surface area contributed by atoms with Crippen LogP contribution in [-0.2, 0) is 0 Å². The lowest BCUT2D eigenvalue weighted by molar-refractivity contribution is 0.0958. The summed E-state index contributed by atoms with van der Waals surface area (Å²) in [6, 6.07) is 17.4. The van der Waals surface area contributed by atoms with Crippen molar-refractivity contribution in [3.8, 4) is 17.2 Å². The van der Waals surface area contributed by atoms with Crippen molar-refractivity contribution in [2.45, 2.75) is 0 Å². The minimum absolute atomic E-state index is 0.0104. The fourth-order valence-electron chi connectivity index (χ4n) is 2.39. The Morgan fingerprint density at radius 2 is 2.05 bits per heavy atom. The predicted molar refractivity (Wildman–Crippen MR) is 81.7 cm³/mol. The van der Waals surface area contributed by atoms with E-state index in [1.165, 1.54) is 0 Å². The number of amides is 1. The third-order valence-corrected chi connectivity index (χ3v) is 3.36. The number of nitrogens with one attached hydrogen (secondary N) is 2. The number of aromatic nitrogens is 1. The number of benzene rings is 2. The zero-order chi connectivity index (χ0) is 14.7. The first-order chi connectivity index (χ1) is 10.3. The number of carbonyl (C=O) groups excluding carboxylic acids is 1. The van der Waals surface area contributed by atoms with Gasteiger partial charge in [-0.1, -0.05) is 24.3 Å². The molecule has 3 rings (SSSR count). The van der Waals surface area contributed by atoms with Crippen LogP contribution in [0.1, 0.15) is 10.4 Å². The molecule has 2 N–H and O–H groups in total. The molecule has 0 radical (unpaired) electrons. The van der Waals surface area contributed by atoms with Crippen LogP contribution < -0.4 is 5.32 Å². The monoisotopic (exact) mass is 275 g/mol. The van der Waals surface area contributed by atoms with E-state index in [-0.39, 0.29) is 12.5 Å². The molecule has 1 heterocycles. The molecule has 4 heteroatoms. The van der Waals surface area contributed by atoms with Crippen molar-refractivity contribution >= 4 is 16.8 Å². The van der Waals surface area contributed by atoms with Gasteiger partial charge in [-0.05, 0) is 35.4 Å². The van der Waals surface area contributed by atoms with Gasteiger partial charge in [0.1, 0.15) is 6.54 Å². The lowest BCUT2D eigenvalue weighted by Gasteiger charge is -2.07. The second kappa shape index (κ2) is 5.51. The van der Waals surface area contributed by atoms with Crippen LogP contribution in [0.4, 0.5) is 0 Å². The minimum Gasteiger partial charge on any atom is -0.361 e. The average molecular weight is 275 g/mol. The first-order valence-electron chi connectivity index (χ1n) is 6.61. The van der Waals surface area contributed by atoms with E-state index < -0.39 is 0 Å². The second-order valence-corrected chi connectivity index (χ2v) is 4.67. The van der Waals surface area contributed by atoms with E-state index in [1.807, 2.05) is 54.7 Å². The van der Waals surface area contributed by atoms with Gasteiger partial charge >= 0.3 is 0 Å². The molecule has 0 saturated heterocycles. The van der Waals surface area contributed by atoms with E-state index in [9.17, 15) is 4.79 Å². The van der Waals surface area contributed by atoms with Crippen LogP contribution in [0, 0.1) is 11.3 Å². The highest BCUT2D eigenvalue weighted by atomic mass is 16.1. The van der Waals surface area contributed by atoms with Crippen LogP contribution >= 0.6 is 0 Å². The number of fused-ring (bicyclic) bond motifs is 1. The molecule has 0 unspecified atom stereocenters. The molecule has 0 saturated carbocycles. The molecule has 0 aliphatic heterocycles. The number of nitrogens with zero attached hydrogens (tertiary/aromatic N) is 1. The molecule has 1 aromatic heterocycles. The maximum atomic E-state index is 11.9. The summed E-state index contributed by atoms with van der Waals surface area (Å²) in [6.07, 6.45) is 1.90. The standard InChI is InChI=1S/C17H13N3O/c18-8-10-20-17(21)13-4-1-3-12(11-13)14-5-2-6-16-15(14)7-9-19-16/h1-7,9,11,19H,10H2,(H,20,21). The van der Waals surface area contributed by atoms with Gasteiger partial charge in [-0.15, -0.1) is 0 Å². The topological polar surface area (TPSA) is 68.7 Å². The van der Waals surface area contributed by atoms with Crippen LogP contribution in [-0.4, -0.2) is 17.4 Å². The summed E-state index contributed by atoms with van der Waals surface area (Å²) in [5.41, 5.74) is 3.66. The molecule has 0 fully saturated rings. The average Bonchev–Trinajstić information content (AvgIpc) is 3.01. The largest absolute Gasteiger partial charge is 0.361 e. The zero-order valence-electron chi connectivity index (χ0n) is 11.3. The van der Waals surface area contributed by atoms with E-state index in [4.69, 9.17) is 5.26 Å². The van der Waals surface area contributed by atoms with Crippen LogP contribution in [0.5, 0.6) is 0 Å². The summed E-state index contributed by atoms with van der Waals surface area (Å²) in [4.78, 5) is 15.1. The van der Waals surface area contributed by atoms with Gasteiger partial charge in [0.05, 0.1) is 6.07 Å². The SMILES string of the molecule is N#CCNC(=O)c1cccc(-c2cccc3[nH]ccc23)c1. The number of carbonyl (C=O) groups is 1. The molecular weight excluding hydrogens is 262 g/mol. The summed E-state index contributed by atoms with van der Waals surface area (Å²) in [7, 11) is 0. The van der Waals surface area contributed by atoms with Crippen molar-refractivity contribution in [3.05, 3.63) is 60.3 Å². The second-order valence-electron chi connectivity index (χ2n) is 4.67. The summed E-state index contributed by atoms with van der Waals surface area (Å²) in [5.74, 6) is -0.236. The van der Waals surface area contributed by atoms with Crippen LogP contribution in [0.2, 0.25) is 0 Å². The molecule has 2 aromatic carbocycles. The van der Waals surface area contributed by atoms with Crippen molar-refractivity contribution in [2.24, 2.45) is 0 Å². The number of rotatable bonds is 3. The Hall–Kier alpha value is -3.06. The molecule has 0 atom stereocenters. The summed E-state index contributed by atoms with van der Waals surface area (Å²) in [5, 5.41) is 12.2. The van der Waals surface area contributed by atoms with Crippen molar-refractivity contribution < 1.29 is 4.79 Å². The Morgan fingerprint density at radius 1 is 1.19 bits per heavy atom. The quantitative estimate of drug-likeness (QED) is 0.721. The third-order valence-electron chi connectivity index (χ3n) is 3.36. The van der Waals surface area contributed by atoms with Crippen molar-refractivity contribution in [1.29, 1.82) is 5.26 Å². The van der Waals surface area contributed by atoms with Crippen molar-refractivity contribution in [2.75, 3.05) is 6.54 Å². The zero-order valence-corrected chi connectivity index (χ0v) is 11.3. The first kappa shape index (κ1) is 12.9. The number of hydrogen-bond donors (Lipinski definition) is 2. The van der Waals surface area contributed by atoms with E-state index in [1.54, 1.807) is 6.07 Å². The number of nitriles is 1. The molecule has 1 amide bonds. The van der Waals surface area contributed by atoms with Gasteiger partial charge in [-0.25, -0.2) is 0 Å². The van der Waals surface area contributed by atoms with Crippen LogP contribution in [0.15, 0.2) is 54.7 Å². The highest BCUT2D eigenvalue weighted by Gasteiger charge is 2.08. The maximum absolute atomic E-state index is 11.9. The molecule has 0 aliphatic carbocycles. The first-order valence-corrected chi connectivity index (χ1v) is 6.61. The molecule has 3 aromatic rings. The van der Waals surface area contributed by atoms with E-state index in [2.05, 4.69) is 10.3 Å². The van der Waals surface area contributed by atoms with Gasteiger partial charge in [0.25, 0.3) is 5.91 Å². The number of H-pyrrole nitrogens is 1. The van der Waals surface area contributed by atoms with Gasteiger partial charge in [-0.2, -0.15) is 5.26 Å². The molecular formula is C17H13N3O. The minimum atomic E-state index is -0.236. The normalized spacial score (nSPS) is 10.2. The number of aromatic amines is 1. The fraction of sp³-hybridized carbons (Fsp3) is 0.0588. The van der Waals surface area contributed by atoms with Gasteiger partial charge in [0.2, 0.25) is 0 Å². The predicted octanol–water partition coefficient (Wildman–Crippen LogP) is 3.09. The van der Waals surface area contributed by atoms with Crippen molar-refractivity contribution in [1.82, 2.24) is 10.3 Å². The number of hydrogen-bond acceptors (Lipinski definition) is 2. The van der Waals surface area contributed by atoms with E-state index >= 15 is 0 Å². The molecule has 0 spiro atoms. The van der Waals surface area contributed by atoms with Gasteiger partial charge in [0, 0.05) is 22.7 Å².